The van der Waals surface area contributed by atoms with E-state index < -0.39 is 47.9 Å². The highest BCUT2D eigenvalue weighted by Gasteiger charge is 2.69. The Balaban J connectivity index is 1.19. The zero-order valence-electron chi connectivity index (χ0n) is 22.1. The molecule has 2 N–H and O–H groups in total. The lowest BCUT2D eigenvalue weighted by molar-refractivity contribution is -0.576. The Morgan fingerprint density at radius 3 is 2.58 bits per heavy atom. The molecule has 0 aromatic heterocycles. The van der Waals surface area contributed by atoms with Gasteiger partial charge in [-0.2, -0.15) is 0 Å². The minimum absolute atomic E-state index is 0.0144. The number of carbonyl (C=O) groups is 3. The molecule has 9 atom stereocenters. The van der Waals surface area contributed by atoms with Crippen molar-refractivity contribution in [3.05, 3.63) is 35.9 Å². The lowest BCUT2D eigenvalue weighted by Crippen LogP contribution is -2.70. The number of hydrogen-bond acceptors (Lipinski definition) is 8. The average Bonchev–Trinajstić information content (AvgIpc) is 3.12. The van der Waals surface area contributed by atoms with Crippen molar-refractivity contribution in [3.8, 4) is 0 Å². The van der Waals surface area contributed by atoms with Gasteiger partial charge >= 0.3 is 11.9 Å². The van der Waals surface area contributed by atoms with Crippen molar-refractivity contribution in [2.24, 2.45) is 23.7 Å². The topological polar surface area (TPSA) is 130 Å². The molecule has 2 bridgehead atoms. The van der Waals surface area contributed by atoms with Gasteiger partial charge in [0.2, 0.25) is 18.0 Å². The molecule has 0 radical (unpaired) electrons. The quantitative estimate of drug-likeness (QED) is 0.383. The predicted molar refractivity (Wildman–Crippen MR) is 132 cm³/mol. The first kappa shape index (κ1) is 27.1. The monoisotopic (exact) mass is 531 g/mol. The van der Waals surface area contributed by atoms with Crippen LogP contribution in [0.15, 0.2) is 30.3 Å². The number of carbonyl (C=O) groups excluding carboxylic acids is 2. The Hall–Kier alpha value is -2.53. The number of carboxylic acids is 1. The van der Waals surface area contributed by atoms with Gasteiger partial charge in [-0.15, -0.1) is 0 Å². The van der Waals surface area contributed by atoms with Crippen molar-refractivity contribution in [2.75, 3.05) is 0 Å². The summed E-state index contributed by atoms with van der Waals surface area (Å²) in [7, 11) is 0. The van der Waals surface area contributed by atoms with E-state index in [-0.39, 0.29) is 37.0 Å². The Bertz CT molecular complexity index is 1050. The Kier molecular flexibility index (Phi) is 7.52. The van der Waals surface area contributed by atoms with Crippen LogP contribution < -0.4 is 5.32 Å². The molecule has 5 aliphatic rings. The van der Waals surface area contributed by atoms with Gasteiger partial charge in [0.1, 0.15) is 6.04 Å². The van der Waals surface area contributed by atoms with Crippen LogP contribution >= 0.6 is 0 Å². The highest BCUT2D eigenvalue weighted by molar-refractivity contribution is 5.86. The van der Waals surface area contributed by atoms with Crippen molar-refractivity contribution in [2.45, 2.75) is 95.7 Å². The van der Waals surface area contributed by atoms with Gasteiger partial charge in [-0.3, -0.25) is 9.59 Å². The largest absolute Gasteiger partial charge is 0.480 e. The molecule has 4 heterocycles. The zero-order valence-corrected chi connectivity index (χ0v) is 22.1. The third-order valence-corrected chi connectivity index (χ3v) is 8.82. The van der Waals surface area contributed by atoms with Crippen LogP contribution in [0.5, 0.6) is 0 Å². The first-order chi connectivity index (χ1) is 18.1. The molecule has 5 fully saturated rings. The van der Waals surface area contributed by atoms with E-state index in [0.29, 0.717) is 12.3 Å². The van der Waals surface area contributed by atoms with Gasteiger partial charge in [-0.05, 0) is 43.6 Å². The van der Waals surface area contributed by atoms with Crippen molar-refractivity contribution >= 4 is 17.8 Å². The molecular weight excluding hydrogens is 494 g/mol. The SMILES string of the molecule is C[C@H]1[C@H](OC(=O)CCC(=O)N[C@@H](Cc2ccccc2)C(=O)O)O[C@@H]2O[C@@]3(C)CC[C@H]4[C@H](C)CC[C@@H]1[C@]24OO3. The van der Waals surface area contributed by atoms with Crippen LogP contribution in [-0.4, -0.2) is 53.0 Å². The van der Waals surface area contributed by atoms with Crippen LogP contribution in [0.4, 0.5) is 0 Å². The highest BCUT2D eigenvalue weighted by Crippen LogP contribution is 2.60. The molecule has 4 aliphatic heterocycles. The summed E-state index contributed by atoms with van der Waals surface area (Å²) >= 11 is 0. The van der Waals surface area contributed by atoms with Gasteiger partial charge in [-0.25, -0.2) is 14.6 Å². The third-order valence-electron chi connectivity index (χ3n) is 8.82. The van der Waals surface area contributed by atoms with Gasteiger partial charge < -0.3 is 24.6 Å². The smallest absolute Gasteiger partial charge is 0.326 e. The van der Waals surface area contributed by atoms with E-state index in [9.17, 15) is 19.5 Å². The normalized spacial score (nSPS) is 38.4. The highest BCUT2D eigenvalue weighted by atomic mass is 17.3. The molecule has 1 amide bonds. The maximum absolute atomic E-state index is 12.8. The van der Waals surface area contributed by atoms with Gasteiger partial charge in [0, 0.05) is 31.1 Å². The van der Waals surface area contributed by atoms with Crippen LogP contribution in [0, 0.1) is 23.7 Å². The zero-order chi connectivity index (χ0) is 27.1. The van der Waals surface area contributed by atoms with E-state index >= 15 is 0 Å². The summed E-state index contributed by atoms with van der Waals surface area (Å²) < 4.78 is 18.2. The van der Waals surface area contributed by atoms with Crippen LogP contribution in [0.2, 0.25) is 0 Å². The summed E-state index contributed by atoms with van der Waals surface area (Å²) in [6.45, 7) is 6.05. The van der Waals surface area contributed by atoms with E-state index in [4.69, 9.17) is 24.0 Å². The molecule has 208 valence electrons. The molecule has 38 heavy (non-hydrogen) atoms. The molecule has 1 aromatic rings. The van der Waals surface area contributed by atoms with Gasteiger partial charge in [-0.1, -0.05) is 44.2 Å². The summed E-state index contributed by atoms with van der Waals surface area (Å²) in [4.78, 5) is 48.8. The molecule has 4 saturated heterocycles. The molecule has 1 spiro atoms. The number of benzene rings is 1. The number of hydrogen-bond donors (Lipinski definition) is 2. The summed E-state index contributed by atoms with van der Waals surface area (Å²) in [6.07, 6.45) is 1.67. The maximum atomic E-state index is 12.8. The van der Waals surface area contributed by atoms with Crippen LogP contribution in [0.3, 0.4) is 0 Å². The van der Waals surface area contributed by atoms with Gasteiger partial charge in [0.15, 0.2) is 11.9 Å². The van der Waals surface area contributed by atoms with Gasteiger partial charge in [0.25, 0.3) is 0 Å². The van der Waals surface area contributed by atoms with Gasteiger partial charge in [0.05, 0.1) is 6.42 Å². The second-order valence-electron chi connectivity index (χ2n) is 11.4. The van der Waals surface area contributed by atoms with E-state index in [0.717, 1.165) is 24.8 Å². The summed E-state index contributed by atoms with van der Waals surface area (Å²) in [5.41, 5.74) is 0.0401. The van der Waals surface area contributed by atoms with Crippen molar-refractivity contribution in [1.29, 1.82) is 0 Å². The first-order valence-corrected chi connectivity index (χ1v) is 13.6. The average molecular weight is 532 g/mol. The van der Waals surface area contributed by atoms with Crippen molar-refractivity contribution in [1.82, 2.24) is 5.32 Å². The molecule has 1 saturated carbocycles. The molecule has 6 rings (SSSR count). The molecular formula is C28H37NO9. The standard InChI is InChI=1S/C28H37NO9/c1-16-9-10-20-17(2)25(35-26-28(20)19(16)13-14-27(3,36-26)37-38-28)34-23(31)12-11-22(30)29-21(24(32)33)15-18-7-5-4-6-8-18/h4-8,16-17,19-21,25-26H,9-15H2,1-3H3,(H,29,30)(H,32,33)/t16-,17-,19+,20+,21+,25-,26-,27-,28+/m1/s1. The van der Waals surface area contributed by atoms with E-state index in [2.05, 4.69) is 12.2 Å². The molecule has 1 aromatic carbocycles. The lowest BCUT2D eigenvalue weighted by Gasteiger charge is -2.59. The first-order valence-electron chi connectivity index (χ1n) is 13.6. The maximum Gasteiger partial charge on any atom is 0.326 e. The van der Waals surface area contributed by atoms with Crippen LogP contribution in [0.25, 0.3) is 0 Å². The summed E-state index contributed by atoms with van der Waals surface area (Å²) in [5.74, 6) is -2.72. The fourth-order valence-electron chi connectivity index (χ4n) is 6.73. The van der Waals surface area contributed by atoms with Crippen molar-refractivity contribution < 1.29 is 43.5 Å². The van der Waals surface area contributed by atoms with E-state index in [1.807, 2.05) is 19.9 Å². The second kappa shape index (κ2) is 10.6. The number of amides is 1. The number of aliphatic carboxylic acids is 1. The molecule has 10 heteroatoms. The fourth-order valence-corrected chi connectivity index (χ4v) is 6.73. The number of nitrogens with one attached hydrogen (secondary N) is 1. The van der Waals surface area contributed by atoms with E-state index in [1.54, 1.807) is 24.3 Å². The Labute approximate surface area is 222 Å². The van der Waals surface area contributed by atoms with Crippen molar-refractivity contribution in [3.63, 3.8) is 0 Å². The molecule has 0 unspecified atom stereocenters. The van der Waals surface area contributed by atoms with E-state index in [1.165, 1.54) is 0 Å². The molecule has 1 aliphatic carbocycles. The minimum atomic E-state index is -1.14. The molecule has 10 nitrogen and oxygen atoms in total. The Morgan fingerprint density at radius 2 is 1.84 bits per heavy atom. The number of fused-ring (bicyclic) bond motifs is 2. The Morgan fingerprint density at radius 1 is 1.08 bits per heavy atom. The lowest BCUT2D eigenvalue weighted by atomic mass is 9.58. The summed E-state index contributed by atoms with van der Waals surface area (Å²) in [5, 5.41) is 12.0. The second-order valence-corrected chi connectivity index (χ2v) is 11.4. The van der Waals surface area contributed by atoms with Crippen LogP contribution in [0.1, 0.15) is 64.9 Å². The number of carboxylic acid groups (broad SMARTS) is 1. The number of esters is 1. The fraction of sp³-hybridized carbons (Fsp3) is 0.679. The third kappa shape index (κ3) is 5.06. The summed E-state index contributed by atoms with van der Waals surface area (Å²) in [6, 6.07) is 7.95. The minimum Gasteiger partial charge on any atom is -0.480 e. The predicted octanol–water partition coefficient (Wildman–Crippen LogP) is 3.33. The van der Waals surface area contributed by atoms with Crippen LogP contribution in [-0.2, 0) is 44.8 Å². The number of rotatable bonds is 8. The number of ether oxygens (including phenoxy) is 3.